The fourth-order valence-electron chi connectivity index (χ4n) is 0.337. The highest BCUT2D eigenvalue weighted by atomic mass is 16.5. The zero-order valence-corrected chi connectivity index (χ0v) is 4.93. The molecular formula is C4H10N2O2. The fraction of sp³-hybridized carbons (Fsp3) is 0.750. The van der Waals surface area contributed by atoms with Gasteiger partial charge in [0.15, 0.2) is 0 Å². The monoisotopic (exact) mass is 118 g/mol. The summed E-state index contributed by atoms with van der Waals surface area (Å²) in [5.74, 6) is -0.168. The minimum atomic E-state index is -0.368. The van der Waals surface area contributed by atoms with E-state index < -0.39 is 0 Å². The van der Waals surface area contributed by atoms with Crippen LogP contribution in [0.3, 0.4) is 0 Å². The van der Waals surface area contributed by atoms with Crippen LogP contribution in [0.2, 0.25) is 0 Å². The maximum Gasteiger partial charge on any atom is 0.218 e. The van der Waals surface area contributed by atoms with Gasteiger partial charge in [-0.05, 0) is 6.92 Å². The minimum Gasteiger partial charge on any atom is -0.339 e. The Balaban J connectivity index is 3.24. The highest BCUT2D eigenvalue weighted by Crippen LogP contribution is 1.68. The van der Waals surface area contributed by atoms with Gasteiger partial charge in [0.2, 0.25) is 5.91 Å². The first-order valence-electron chi connectivity index (χ1n) is 2.33. The molecule has 0 aromatic rings. The molecule has 0 saturated heterocycles. The molecule has 0 fully saturated rings. The molecule has 1 atom stereocenters. The second kappa shape index (κ2) is 3.40. The van der Waals surface area contributed by atoms with Crippen molar-refractivity contribution in [3.63, 3.8) is 0 Å². The van der Waals surface area contributed by atoms with Crippen LogP contribution >= 0.6 is 0 Å². The molecule has 0 aliphatic rings. The smallest absolute Gasteiger partial charge is 0.218 e. The van der Waals surface area contributed by atoms with E-state index in [-0.39, 0.29) is 12.1 Å². The molecule has 1 amide bonds. The lowest BCUT2D eigenvalue weighted by Gasteiger charge is -2.07. The van der Waals surface area contributed by atoms with E-state index >= 15 is 0 Å². The summed E-state index contributed by atoms with van der Waals surface area (Å²) in [6.07, 6.45) is -0.368. The van der Waals surface area contributed by atoms with Gasteiger partial charge in [0.1, 0.15) is 0 Å². The number of carbonyl (C=O) groups is 1. The number of amides is 1. The van der Waals surface area contributed by atoms with Crippen LogP contribution in [-0.2, 0) is 4.79 Å². The van der Waals surface area contributed by atoms with Crippen molar-refractivity contribution in [2.75, 3.05) is 0 Å². The predicted octanol–water partition coefficient (Wildman–Crippen LogP) is -0.553. The van der Waals surface area contributed by atoms with Crippen molar-refractivity contribution >= 4 is 5.91 Å². The van der Waals surface area contributed by atoms with Crippen LogP contribution in [0.15, 0.2) is 0 Å². The Kier molecular flexibility index (Phi) is 3.14. The highest BCUT2D eigenvalue weighted by molar-refractivity contribution is 5.72. The number of carbonyl (C=O) groups excluding carboxylic acids is 1. The Hall–Kier alpha value is -0.610. The van der Waals surface area contributed by atoms with Gasteiger partial charge in [0.25, 0.3) is 0 Å². The SMILES string of the molecule is CC(=O)NC(C)NO. The molecule has 3 N–H and O–H groups in total. The van der Waals surface area contributed by atoms with E-state index in [2.05, 4.69) is 5.32 Å². The third-order valence-corrected chi connectivity index (χ3v) is 0.613. The molecule has 0 radical (unpaired) electrons. The van der Waals surface area contributed by atoms with E-state index in [9.17, 15) is 4.79 Å². The van der Waals surface area contributed by atoms with Gasteiger partial charge in [-0.3, -0.25) is 4.79 Å². The summed E-state index contributed by atoms with van der Waals surface area (Å²) in [6, 6.07) is 0. The largest absolute Gasteiger partial charge is 0.339 e. The molecular weight excluding hydrogens is 108 g/mol. The average molecular weight is 118 g/mol. The molecule has 0 heterocycles. The van der Waals surface area contributed by atoms with Gasteiger partial charge in [0.05, 0.1) is 6.17 Å². The molecule has 0 spiro atoms. The Morgan fingerprint density at radius 1 is 1.75 bits per heavy atom. The van der Waals surface area contributed by atoms with Crippen LogP contribution in [0.25, 0.3) is 0 Å². The number of hydroxylamine groups is 1. The molecule has 0 aliphatic carbocycles. The summed E-state index contributed by atoms with van der Waals surface area (Å²) in [6.45, 7) is 3.01. The van der Waals surface area contributed by atoms with Crippen LogP contribution < -0.4 is 10.8 Å². The Morgan fingerprint density at radius 3 is 2.38 bits per heavy atom. The summed E-state index contributed by atoms with van der Waals surface area (Å²) in [4.78, 5) is 10.2. The van der Waals surface area contributed by atoms with Crippen molar-refractivity contribution in [3.8, 4) is 0 Å². The van der Waals surface area contributed by atoms with E-state index in [1.54, 1.807) is 6.92 Å². The summed E-state index contributed by atoms with van der Waals surface area (Å²) >= 11 is 0. The van der Waals surface area contributed by atoms with E-state index in [0.29, 0.717) is 0 Å². The third-order valence-electron chi connectivity index (χ3n) is 0.613. The lowest BCUT2D eigenvalue weighted by Crippen LogP contribution is -2.40. The molecule has 8 heavy (non-hydrogen) atoms. The molecule has 4 heteroatoms. The van der Waals surface area contributed by atoms with Crippen LogP contribution in [-0.4, -0.2) is 17.3 Å². The lowest BCUT2D eigenvalue weighted by atomic mass is 10.5. The Labute approximate surface area is 47.8 Å². The standard InChI is InChI=1S/C4H10N2O2/c1-3(6-8)5-4(2)7/h3,6,8H,1-2H3,(H,5,7). The molecule has 0 aromatic heterocycles. The first kappa shape index (κ1) is 7.39. The van der Waals surface area contributed by atoms with Gasteiger partial charge in [-0.2, -0.15) is 5.48 Å². The van der Waals surface area contributed by atoms with Gasteiger partial charge >= 0.3 is 0 Å². The zero-order chi connectivity index (χ0) is 6.57. The van der Waals surface area contributed by atoms with E-state index in [1.807, 2.05) is 5.48 Å². The van der Waals surface area contributed by atoms with Gasteiger partial charge in [-0.25, -0.2) is 0 Å². The molecule has 48 valence electrons. The third kappa shape index (κ3) is 3.58. The zero-order valence-electron chi connectivity index (χ0n) is 4.93. The van der Waals surface area contributed by atoms with Crippen molar-refractivity contribution in [2.45, 2.75) is 20.0 Å². The maximum atomic E-state index is 10.2. The first-order valence-corrected chi connectivity index (χ1v) is 2.33. The van der Waals surface area contributed by atoms with E-state index in [1.165, 1.54) is 6.92 Å². The summed E-state index contributed by atoms with van der Waals surface area (Å²) in [7, 11) is 0. The van der Waals surface area contributed by atoms with Gasteiger partial charge < -0.3 is 10.5 Å². The topological polar surface area (TPSA) is 61.4 Å². The van der Waals surface area contributed by atoms with E-state index in [4.69, 9.17) is 5.21 Å². The number of rotatable bonds is 2. The summed E-state index contributed by atoms with van der Waals surface area (Å²) in [5.41, 5.74) is 1.86. The maximum absolute atomic E-state index is 10.2. The summed E-state index contributed by atoms with van der Waals surface area (Å²) in [5, 5.41) is 10.5. The molecule has 0 saturated carbocycles. The first-order chi connectivity index (χ1) is 3.66. The number of nitrogens with one attached hydrogen (secondary N) is 2. The number of hydrogen-bond donors (Lipinski definition) is 3. The van der Waals surface area contributed by atoms with Crippen LogP contribution in [0.5, 0.6) is 0 Å². The molecule has 0 aliphatic heterocycles. The molecule has 0 aromatic carbocycles. The molecule has 0 bridgehead atoms. The van der Waals surface area contributed by atoms with Crippen molar-refractivity contribution in [1.29, 1.82) is 0 Å². The quantitative estimate of drug-likeness (QED) is 0.336. The van der Waals surface area contributed by atoms with Gasteiger partial charge in [0, 0.05) is 6.92 Å². The number of hydrogen-bond acceptors (Lipinski definition) is 3. The van der Waals surface area contributed by atoms with Crippen LogP contribution in [0.1, 0.15) is 13.8 Å². The van der Waals surface area contributed by atoms with Crippen molar-refractivity contribution in [2.24, 2.45) is 0 Å². The Bertz CT molecular complexity index is 84.1. The van der Waals surface area contributed by atoms with E-state index in [0.717, 1.165) is 0 Å². The summed E-state index contributed by atoms with van der Waals surface area (Å²) < 4.78 is 0. The Morgan fingerprint density at radius 2 is 2.25 bits per heavy atom. The van der Waals surface area contributed by atoms with Crippen molar-refractivity contribution < 1.29 is 10.0 Å². The van der Waals surface area contributed by atoms with Gasteiger partial charge in [-0.15, -0.1) is 0 Å². The van der Waals surface area contributed by atoms with Crippen LogP contribution in [0.4, 0.5) is 0 Å². The van der Waals surface area contributed by atoms with Gasteiger partial charge in [-0.1, -0.05) is 0 Å². The average Bonchev–Trinajstić information content (AvgIpc) is 1.65. The normalized spacial score (nSPS) is 12.9. The van der Waals surface area contributed by atoms with Crippen molar-refractivity contribution in [1.82, 2.24) is 10.8 Å². The second-order valence-electron chi connectivity index (χ2n) is 1.55. The lowest BCUT2D eigenvalue weighted by molar-refractivity contribution is -0.120. The van der Waals surface area contributed by atoms with Crippen molar-refractivity contribution in [3.05, 3.63) is 0 Å². The highest BCUT2D eigenvalue weighted by Gasteiger charge is 1.96. The fourth-order valence-corrected chi connectivity index (χ4v) is 0.337. The molecule has 0 rings (SSSR count). The second-order valence-corrected chi connectivity index (χ2v) is 1.55. The molecule has 1 unspecified atom stereocenters. The minimum absolute atomic E-state index is 0.168. The molecule has 4 nitrogen and oxygen atoms in total. The predicted molar refractivity (Wildman–Crippen MR) is 28.2 cm³/mol. The van der Waals surface area contributed by atoms with Crippen LogP contribution in [0, 0.1) is 0 Å².